The number of thiocarbonyl (C=S) groups is 1. The van der Waals surface area contributed by atoms with E-state index in [0.29, 0.717) is 6.42 Å². The third kappa shape index (κ3) is 4.37. The van der Waals surface area contributed by atoms with Crippen LogP contribution in [0.1, 0.15) is 24.1 Å². The molecule has 1 aromatic carbocycles. The lowest BCUT2D eigenvalue weighted by Gasteiger charge is -2.19. The van der Waals surface area contributed by atoms with Gasteiger partial charge in [0.1, 0.15) is 0 Å². The van der Waals surface area contributed by atoms with E-state index >= 15 is 0 Å². The minimum absolute atomic E-state index is 0.0450. The number of amides is 1. The van der Waals surface area contributed by atoms with E-state index in [-0.39, 0.29) is 16.9 Å². The van der Waals surface area contributed by atoms with E-state index < -0.39 is 5.92 Å². The second-order valence-electron chi connectivity index (χ2n) is 4.93. The van der Waals surface area contributed by atoms with Gasteiger partial charge in [-0.3, -0.25) is 4.79 Å². The molecule has 0 aliphatic carbocycles. The first kappa shape index (κ1) is 15.7. The zero-order chi connectivity index (χ0) is 15.2. The molecule has 5 heteroatoms. The number of rotatable bonds is 6. The van der Waals surface area contributed by atoms with Crippen LogP contribution in [0, 0.1) is 5.92 Å². The maximum atomic E-state index is 12.4. The molecule has 0 fully saturated rings. The molecule has 0 aliphatic heterocycles. The Morgan fingerprint density at radius 1 is 1.33 bits per heavy atom. The molecule has 3 N–H and O–H groups in total. The van der Waals surface area contributed by atoms with Crippen LogP contribution in [0.2, 0.25) is 0 Å². The van der Waals surface area contributed by atoms with Crippen molar-refractivity contribution in [3.63, 3.8) is 0 Å². The number of hydrogen-bond donors (Lipinski definition) is 2. The number of benzene rings is 1. The van der Waals surface area contributed by atoms with Crippen molar-refractivity contribution in [3.05, 3.63) is 58.3 Å². The summed E-state index contributed by atoms with van der Waals surface area (Å²) >= 11 is 6.67. The first-order valence-corrected chi connectivity index (χ1v) is 8.08. The fourth-order valence-electron chi connectivity index (χ4n) is 2.09. The van der Waals surface area contributed by atoms with E-state index in [1.165, 1.54) is 0 Å². The first-order chi connectivity index (χ1) is 10.1. The SMILES string of the molecule is CC(NC(=O)C(Cc1ccccc1)C(N)=S)c1ccsc1. The fourth-order valence-corrected chi connectivity index (χ4v) is 3.04. The summed E-state index contributed by atoms with van der Waals surface area (Å²) in [7, 11) is 0. The quantitative estimate of drug-likeness (QED) is 0.805. The highest BCUT2D eigenvalue weighted by Gasteiger charge is 2.23. The smallest absolute Gasteiger partial charge is 0.230 e. The molecule has 0 spiro atoms. The van der Waals surface area contributed by atoms with Crippen molar-refractivity contribution >= 4 is 34.5 Å². The number of hydrogen-bond acceptors (Lipinski definition) is 3. The van der Waals surface area contributed by atoms with Crippen LogP contribution in [-0.2, 0) is 11.2 Å². The number of carbonyl (C=O) groups is 1. The maximum absolute atomic E-state index is 12.4. The predicted octanol–water partition coefficient (Wildman–Crippen LogP) is 3.07. The summed E-state index contributed by atoms with van der Waals surface area (Å²) in [4.78, 5) is 12.6. The normalized spacial score (nSPS) is 13.4. The predicted molar refractivity (Wildman–Crippen MR) is 91.3 cm³/mol. The summed E-state index contributed by atoms with van der Waals surface area (Å²) in [5.74, 6) is -0.603. The van der Waals surface area contributed by atoms with E-state index in [1.54, 1.807) is 11.3 Å². The average molecular weight is 318 g/mol. The van der Waals surface area contributed by atoms with Gasteiger partial charge in [-0.25, -0.2) is 0 Å². The lowest BCUT2D eigenvalue weighted by molar-refractivity contribution is -0.123. The van der Waals surface area contributed by atoms with Gasteiger partial charge in [-0.1, -0.05) is 42.5 Å². The van der Waals surface area contributed by atoms with Crippen LogP contribution in [0.25, 0.3) is 0 Å². The molecule has 110 valence electrons. The molecule has 21 heavy (non-hydrogen) atoms. The number of thiophene rings is 1. The van der Waals surface area contributed by atoms with Gasteiger partial charge in [0.05, 0.1) is 16.9 Å². The molecule has 0 saturated heterocycles. The van der Waals surface area contributed by atoms with Crippen LogP contribution in [0.15, 0.2) is 47.2 Å². The molecular weight excluding hydrogens is 300 g/mol. The molecule has 0 aliphatic rings. The van der Waals surface area contributed by atoms with Gasteiger partial charge in [0.25, 0.3) is 0 Å². The Labute approximate surface area is 134 Å². The van der Waals surface area contributed by atoms with Crippen LogP contribution >= 0.6 is 23.6 Å². The Bertz CT molecular complexity index is 596. The molecule has 2 atom stereocenters. The Morgan fingerprint density at radius 2 is 2.05 bits per heavy atom. The van der Waals surface area contributed by atoms with Crippen LogP contribution in [-0.4, -0.2) is 10.9 Å². The molecule has 3 nitrogen and oxygen atoms in total. The largest absolute Gasteiger partial charge is 0.393 e. The number of nitrogens with one attached hydrogen (secondary N) is 1. The van der Waals surface area contributed by atoms with Gasteiger partial charge in [0, 0.05) is 0 Å². The Kier molecular flexibility index (Phi) is 5.47. The molecular formula is C16H18N2OS2. The summed E-state index contributed by atoms with van der Waals surface area (Å²) in [6.45, 7) is 1.96. The monoisotopic (exact) mass is 318 g/mol. The van der Waals surface area contributed by atoms with Crippen molar-refractivity contribution in [1.29, 1.82) is 0 Å². The van der Waals surface area contributed by atoms with E-state index in [0.717, 1.165) is 11.1 Å². The van der Waals surface area contributed by atoms with Gasteiger partial charge in [-0.2, -0.15) is 11.3 Å². The maximum Gasteiger partial charge on any atom is 0.230 e. The van der Waals surface area contributed by atoms with Crippen molar-refractivity contribution in [3.8, 4) is 0 Å². The summed E-state index contributed by atoms with van der Waals surface area (Å²) in [6.07, 6.45) is 0.526. The van der Waals surface area contributed by atoms with Crippen molar-refractivity contribution in [2.24, 2.45) is 11.7 Å². The topological polar surface area (TPSA) is 55.1 Å². The summed E-state index contributed by atoms with van der Waals surface area (Å²) in [6, 6.07) is 11.7. The number of carbonyl (C=O) groups excluding carboxylic acids is 1. The third-order valence-corrected chi connectivity index (χ3v) is 4.33. The molecule has 2 unspecified atom stereocenters. The molecule has 0 saturated carbocycles. The highest BCUT2D eigenvalue weighted by atomic mass is 32.1. The highest BCUT2D eigenvalue weighted by molar-refractivity contribution is 7.80. The zero-order valence-electron chi connectivity index (χ0n) is 11.8. The standard InChI is InChI=1S/C16H18N2OS2/c1-11(13-7-8-21-10-13)18-16(19)14(15(17)20)9-12-5-3-2-4-6-12/h2-8,10-11,14H,9H2,1H3,(H2,17,20)(H,18,19). The Hall–Kier alpha value is -1.72. The van der Waals surface area contributed by atoms with E-state index in [4.69, 9.17) is 18.0 Å². The van der Waals surface area contributed by atoms with Crippen molar-refractivity contribution in [2.45, 2.75) is 19.4 Å². The van der Waals surface area contributed by atoms with Crippen molar-refractivity contribution < 1.29 is 4.79 Å². The van der Waals surface area contributed by atoms with Crippen LogP contribution < -0.4 is 11.1 Å². The lowest BCUT2D eigenvalue weighted by atomic mass is 9.98. The molecule has 1 amide bonds. The second kappa shape index (κ2) is 7.33. The van der Waals surface area contributed by atoms with Crippen LogP contribution in [0.4, 0.5) is 0 Å². The van der Waals surface area contributed by atoms with E-state index in [9.17, 15) is 4.79 Å². The molecule has 0 radical (unpaired) electrons. The highest BCUT2D eigenvalue weighted by Crippen LogP contribution is 2.17. The van der Waals surface area contributed by atoms with Gasteiger partial charge >= 0.3 is 0 Å². The summed E-state index contributed by atoms with van der Waals surface area (Å²) in [5, 5.41) is 7.00. The van der Waals surface area contributed by atoms with Crippen molar-refractivity contribution in [2.75, 3.05) is 0 Å². The second-order valence-corrected chi connectivity index (χ2v) is 6.18. The Morgan fingerprint density at radius 3 is 2.62 bits per heavy atom. The van der Waals surface area contributed by atoms with Gasteiger partial charge in [-0.05, 0) is 41.3 Å². The summed E-state index contributed by atoms with van der Waals surface area (Å²) < 4.78 is 0. The van der Waals surface area contributed by atoms with Gasteiger partial charge in [-0.15, -0.1) is 0 Å². The molecule has 1 heterocycles. The Balaban J connectivity index is 2.04. The van der Waals surface area contributed by atoms with Gasteiger partial charge in [0.2, 0.25) is 5.91 Å². The molecule has 2 rings (SSSR count). The number of nitrogens with two attached hydrogens (primary N) is 1. The third-order valence-electron chi connectivity index (χ3n) is 3.34. The average Bonchev–Trinajstić information content (AvgIpc) is 2.99. The zero-order valence-corrected chi connectivity index (χ0v) is 13.4. The van der Waals surface area contributed by atoms with Crippen molar-refractivity contribution in [1.82, 2.24) is 5.32 Å². The van der Waals surface area contributed by atoms with Gasteiger partial charge < -0.3 is 11.1 Å². The van der Waals surface area contributed by atoms with Gasteiger partial charge in [0.15, 0.2) is 0 Å². The molecule has 1 aromatic heterocycles. The first-order valence-electron chi connectivity index (χ1n) is 6.73. The van der Waals surface area contributed by atoms with Crippen LogP contribution in [0.3, 0.4) is 0 Å². The fraction of sp³-hybridized carbons (Fsp3) is 0.250. The molecule has 0 bridgehead atoms. The minimum atomic E-state index is -0.483. The lowest BCUT2D eigenvalue weighted by Crippen LogP contribution is -2.40. The minimum Gasteiger partial charge on any atom is -0.393 e. The van der Waals surface area contributed by atoms with E-state index in [2.05, 4.69) is 5.32 Å². The summed E-state index contributed by atoms with van der Waals surface area (Å²) in [5.41, 5.74) is 7.89. The van der Waals surface area contributed by atoms with Crippen LogP contribution in [0.5, 0.6) is 0 Å². The van der Waals surface area contributed by atoms with E-state index in [1.807, 2.05) is 54.1 Å². The molecule has 2 aromatic rings.